The number of carbonyl (C=O) groups excluding carboxylic acids is 1. The third-order valence-electron chi connectivity index (χ3n) is 3.56. The van der Waals surface area contributed by atoms with Crippen molar-refractivity contribution in [1.29, 1.82) is 0 Å². The Hall–Kier alpha value is -1.40. The van der Waals surface area contributed by atoms with Gasteiger partial charge in [0.2, 0.25) is 0 Å². The van der Waals surface area contributed by atoms with Crippen LogP contribution in [-0.4, -0.2) is 36.7 Å². The van der Waals surface area contributed by atoms with Gasteiger partial charge in [0.25, 0.3) is 5.91 Å². The number of carbonyl (C=O) groups is 2. The lowest BCUT2D eigenvalue weighted by Crippen LogP contribution is -2.43. The lowest BCUT2D eigenvalue weighted by atomic mass is 9.90. The molecule has 0 aromatic heterocycles. The van der Waals surface area contributed by atoms with Crippen LogP contribution in [0, 0.1) is 0 Å². The van der Waals surface area contributed by atoms with Crippen molar-refractivity contribution in [2.75, 3.05) is 18.6 Å². The highest BCUT2D eigenvalue weighted by molar-refractivity contribution is 9.10. The topological polar surface area (TPSA) is 66.8 Å². The van der Waals surface area contributed by atoms with Gasteiger partial charge in [0, 0.05) is 23.8 Å². The Balaban J connectivity index is 2.44. The predicted molar refractivity (Wildman–Crippen MR) is 78.0 cm³/mol. The van der Waals surface area contributed by atoms with E-state index in [1.54, 1.807) is 30.0 Å². The normalized spacial score (nSPS) is 19.4. The van der Waals surface area contributed by atoms with E-state index in [1.807, 2.05) is 0 Å². The summed E-state index contributed by atoms with van der Waals surface area (Å²) in [6, 6.07) is 5.35. The first-order valence-electron chi connectivity index (χ1n) is 6.32. The van der Waals surface area contributed by atoms with E-state index >= 15 is 0 Å². The molecule has 2 rings (SSSR count). The Morgan fingerprint density at radius 3 is 2.80 bits per heavy atom. The Labute approximate surface area is 125 Å². The second kappa shape index (κ2) is 5.93. The molecular weight excluding hydrogens is 326 g/mol. The summed E-state index contributed by atoms with van der Waals surface area (Å²) >= 11 is 3.35. The van der Waals surface area contributed by atoms with E-state index in [2.05, 4.69) is 15.9 Å². The molecule has 6 heteroatoms. The molecule has 0 fully saturated rings. The van der Waals surface area contributed by atoms with Crippen LogP contribution in [0.3, 0.4) is 0 Å². The van der Waals surface area contributed by atoms with Gasteiger partial charge in [-0.15, -0.1) is 0 Å². The first-order valence-corrected chi connectivity index (χ1v) is 7.11. The van der Waals surface area contributed by atoms with E-state index in [9.17, 15) is 14.7 Å². The van der Waals surface area contributed by atoms with Gasteiger partial charge in [-0.1, -0.05) is 15.9 Å². The number of amides is 1. The molecule has 2 unspecified atom stereocenters. The maximum atomic E-state index is 12.3. The smallest absolute Gasteiger partial charge is 0.311 e. The number of aliphatic carboxylic acids is 1. The minimum Gasteiger partial charge on any atom is -0.481 e. The Morgan fingerprint density at radius 2 is 2.20 bits per heavy atom. The number of anilines is 1. The highest BCUT2D eigenvalue weighted by atomic mass is 79.9. The predicted octanol–water partition coefficient (Wildman–Crippen LogP) is 2.39. The van der Waals surface area contributed by atoms with E-state index in [4.69, 9.17) is 4.74 Å². The average Bonchev–Trinajstić information content (AvgIpc) is 2.43. The van der Waals surface area contributed by atoms with Crippen LogP contribution in [0.5, 0.6) is 0 Å². The molecule has 2 atom stereocenters. The fraction of sp³-hybridized carbons (Fsp3) is 0.429. The number of halogens is 1. The summed E-state index contributed by atoms with van der Waals surface area (Å²) in [5.74, 6) is -1.60. The van der Waals surface area contributed by atoms with Crippen molar-refractivity contribution < 1.29 is 19.4 Å². The Bertz CT molecular complexity index is 546. The van der Waals surface area contributed by atoms with E-state index in [1.165, 1.54) is 7.11 Å². The molecule has 0 saturated carbocycles. The van der Waals surface area contributed by atoms with Crippen LogP contribution in [0.25, 0.3) is 0 Å². The third kappa shape index (κ3) is 2.71. The quantitative estimate of drug-likeness (QED) is 0.916. The molecular formula is C14H16BrNO4. The van der Waals surface area contributed by atoms with E-state index < -0.39 is 18.0 Å². The first kappa shape index (κ1) is 15.0. The molecule has 1 aliphatic rings. The lowest BCUT2D eigenvalue weighted by Gasteiger charge is -2.34. The molecule has 1 aromatic carbocycles. The maximum Gasteiger partial charge on any atom is 0.311 e. The van der Waals surface area contributed by atoms with Crippen LogP contribution in [0.4, 0.5) is 5.69 Å². The van der Waals surface area contributed by atoms with Crippen LogP contribution in [-0.2, 0) is 14.3 Å². The maximum absolute atomic E-state index is 12.3. The molecule has 0 spiro atoms. The summed E-state index contributed by atoms with van der Waals surface area (Å²) in [6.07, 6.45) is -0.145. The standard InChI is InChI=1S/C14H16BrNO4/c1-8(20-2)13(17)16-6-5-10(14(18)19)11-7-9(15)3-4-12(11)16/h3-4,7-8,10H,5-6H2,1-2H3,(H,18,19). The Kier molecular flexibility index (Phi) is 4.45. The molecule has 0 bridgehead atoms. The zero-order valence-electron chi connectivity index (χ0n) is 11.3. The summed E-state index contributed by atoms with van der Waals surface area (Å²) in [4.78, 5) is 25.3. The number of ether oxygens (including phenoxy) is 1. The molecule has 0 radical (unpaired) electrons. The number of fused-ring (bicyclic) bond motifs is 1. The Morgan fingerprint density at radius 1 is 1.50 bits per heavy atom. The van der Waals surface area contributed by atoms with Crippen molar-refractivity contribution >= 4 is 33.5 Å². The van der Waals surface area contributed by atoms with Gasteiger partial charge in [-0.05, 0) is 37.1 Å². The van der Waals surface area contributed by atoms with Crippen molar-refractivity contribution in [3.05, 3.63) is 28.2 Å². The summed E-state index contributed by atoms with van der Waals surface area (Å²) in [6.45, 7) is 2.07. The molecule has 1 amide bonds. The third-order valence-corrected chi connectivity index (χ3v) is 4.06. The molecule has 0 aliphatic carbocycles. The first-order chi connectivity index (χ1) is 9.45. The highest BCUT2D eigenvalue weighted by Gasteiger charge is 2.34. The summed E-state index contributed by atoms with van der Waals surface area (Å²) in [5.41, 5.74) is 1.32. The summed E-state index contributed by atoms with van der Waals surface area (Å²) in [7, 11) is 1.48. The fourth-order valence-corrected chi connectivity index (χ4v) is 2.77. The number of hydrogen-bond acceptors (Lipinski definition) is 3. The van der Waals surface area contributed by atoms with Gasteiger partial charge in [-0.2, -0.15) is 0 Å². The average molecular weight is 342 g/mol. The molecule has 108 valence electrons. The number of methoxy groups -OCH3 is 1. The van der Waals surface area contributed by atoms with Gasteiger partial charge in [0.1, 0.15) is 6.10 Å². The monoisotopic (exact) mass is 341 g/mol. The van der Waals surface area contributed by atoms with Crippen LogP contribution in [0.2, 0.25) is 0 Å². The van der Waals surface area contributed by atoms with Gasteiger partial charge < -0.3 is 14.7 Å². The van der Waals surface area contributed by atoms with Gasteiger partial charge in [-0.3, -0.25) is 9.59 Å². The van der Waals surface area contributed by atoms with Gasteiger partial charge in [0.05, 0.1) is 5.92 Å². The molecule has 0 saturated heterocycles. The molecule has 1 heterocycles. The molecule has 1 aliphatic heterocycles. The zero-order valence-corrected chi connectivity index (χ0v) is 12.9. The molecule has 5 nitrogen and oxygen atoms in total. The van der Waals surface area contributed by atoms with Crippen molar-refractivity contribution in [1.82, 2.24) is 0 Å². The molecule has 20 heavy (non-hydrogen) atoms. The van der Waals surface area contributed by atoms with Crippen molar-refractivity contribution in [3.63, 3.8) is 0 Å². The molecule has 1 N–H and O–H groups in total. The van der Waals surface area contributed by atoms with Crippen molar-refractivity contribution in [2.45, 2.75) is 25.4 Å². The second-order valence-corrected chi connectivity index (χ2v) is 5.67. The largest absolute Gasteiger partial charge is 0.481 e. The van der Waals surface area contributed by atoms with E-state index in [-0.39, 0.29) is 5.91 Å². The van der Waals surface area contributed by atoms with Crippen molar-refractivity contribution in [2.24, 2.45) is 0 Å². The minimum atomic E-state index is -0.865. The number of carboxylic acids is 1. The number of carboxylic acid groups (broad SMARTS) is 1. The fourth-order valence-electron chi connectivity index (χ4n) is 2.39. The zero-order chi connectivity index (χ0) is 14.9. The molecule has 1 aromatic rings. The van der Waals surface area contributed by atoms with Gasteiger partial charge in [-0.25, -0.2) is 0 Å². The van der Waals surface area contributed by atoms with Crippen LogP contribution in [0.15, 0.2) is 22.7 Å². The highest BCUT2D eigenvalue weighted by Crippen LogP contribution is 2.37. The second-order valence-electron chi connectivity index (χ2n) is 4.75. The van der Waals surface area contributed by atoms with Gasteiger partial charge >= 0.3 is 5.97 Å². The number of hydrogen-bond donors (Lipinski definition) is 1. The SMILES string of the molecule is COC(C)C(=O)N1CCC(C(=O)O)c2cc(Br)ccc21. The van der Waals surface area contributed by atoms with E-state index in [0.717, 1.165) is 4.47 Å². The summed E-state index contributed by atoms with van der Waals surface area (Å²) < 4.78 is 5.86. The minimum absolute atomic E-state index is 0.153. The van der Waals surface area contributed by atoms with Crippen LogP contribution >= 0.6 is 15.9 Å². The van der Waals surface area contributed by atoms with Crippen LogP contribution < -0.4 is 4.90 Å². The van der Waals surface area contributed by atoms with Gasteiger partial charge in [0.15, 0.2) is 0 Å². The summed E-state index contributed by atoms with van der Waals surface area (Å²) in [5, 5.41) is 9.31. The number of benzene rings is 1. The van der Waals surface area contributed by atoms with Crippen LogP contribution in [0.1, 0.15) is 24.8 Å². The lowest BCUT2D eigenvalue weighted by molar-refractivity contribution is -0.139. The number of nitrogens with zero attached hydrogens (tertiary/aromatic N) is 1. The number of rotatable bonds is 3. The van der Waals surface area contributed by atoms with Crippen molar-refractivity contribution in [3.8, 4) is 0 Å². The van der Waals surface area contributed by atoms with E-state index in [0.29, 0.717) is 24.2 Å².